The van der Waals surface area contributed by atoms with E-state index in [1.165, 1.54) is 4.90 Å². The Hall–Kier alpha value is -3.77. The average molecular weight is 448 g/mol. The number of nitrogens with one attached hydrogen (secondary N) is 2. The molecule has 1 heterocycles. The predicted octanol–water partition coefficient (Wildman–Crippen LogP) is 6.25. The second kappa shape index (κ2) is 9.16. The summed E-state index contributed by atoms with van der Waals surface area (Å²) in [6.45, 7) is 1.86. The Morgan fingerprint density at radius 3 is 2.34 bits per heavy atom. The van der Waals surface area contributed by atoms with Crippen molar-refractivity contribution in [1.29, 1.82) is 0 Å². The Balaban J connectivity index is 1.36. The maximum Gasteiger partial charge on any atom is 0.319 e. The van der Waals surface area contributed by atoms with E-state index in [4.69, 9.17) is 16.0 Å². The lowest BCUT2D eigenvalue weighted by molar-refractivity contribution is 0.0993. The first-order valence-electron chi connectivity index (χ1n) is 10.1. The van der Waals surface area contributed by atoms with Crippen molar-refractivity contribution in [2.24, 2.45) is 0 Å². The summed E-state index contributed by atoms with van der Waals surface area (Å²) in [7, 11) is 1.70. The van der Waals surface area contributed by atoms with Crippen LogP contribution >= 0.6 is 11.6 Å². The molecule has 1 unspecified atom stereocenters. The Morgan fingerprint density at radius 2 is 1.66 bits per heavy atom. The normalized spacial score (nSPS) is 11.7. The van der Waals surface area contributed by atoms with E-state index < -0.39 is 0 Å². The zero-order valence-electron chi connectivity index (χ0n) is 17.6. The van der Waals surface area contributed by atoms with Gasteiger partial charge in [0.1, 0.15) is 11.3 Å². The summed E-state index contributed by atoms with van der Waals surface area (Å²) in [4.78, 5) is 26.6. The first-order chi connectivity index (χ1) is 15.4. The van der Waals surface area contributed by atoms with Crippen LogP contribution in [0.25, 0.3) is 11.0 Å². The first-order valence-corrected chi connectivity index (χ1v) is 10.5. The molecule has 0 aliphatic rings. The largest absolute Gasteiger partial charge is 0.459 e. The average Bonchev–Trinajstić information content (AvgIpc) is 3.24. The lowest BCUT2D eigenvalue weighted by Gasteiger charge is -2.18. The quantitative estimate of drug-likeness (QED) is 0.380. The lowest BCUT2D eigenvalue weighted by Crippen LogP contribution is -2.31. The van der Waals surface area contributed by atoms with Gasteiger partial charge in [-0.05, 0) is 67.6 Å². The highest BCUT2D eigenvalue weighted by Gasteiger charge is 2.16. The number of furan rings is 1. The van der Waals surface area contributed by atoms with Crippen LogP contribution in [-0.4, -0.2) is 19.0 Å². The smallest absolute Gasteiger partial charge is 0.319 e. The minimum Gasteiger partial charge on any atom is -0.459 e. The van der Waals surface area contributed by atoms with Crippen LogP contribution in [-0.2, 0) is 0 Å². The van der Waals surface area contributed by atoms with E-state index in [1.54, 1.807) is 55.6 Å². The van der Waals surface area contributed by atoms with E-state index in [2.05, 4.69) is 10.6 Å². The number of anilines is 2. The molecule has 7 heteroatoms. The lowest BCUT2D eigenvalue weighted by atomic mass is 10.2. The highest BCUT2D eigenvalue weighted by Crippen LogP contribution is 2.24. The topological polar surface area (TPSA) is 74.6 Å². The van der Waals surface area contributed by atoms with Gasteiger partial charge in [-0.25, -0.2) is 4.79 Å². The van der Waals surface area contributed by atoms with Gasteiger partial charge in [-0.15, -0.1) is 0 Å². The third kappa shape index (κ3) is 4.76. The molecule has 2 N–H and O–H groups in total. The van der Waals surface area contributed by atoms with E-state index in [1.807, 2.05) is 37.3 Å². The number of rotatable bonds is 5. The third-order valence-corrected chi connectivity index (χ3v) is 5.38. The molecule has 162 valence electrons. The number of fused-ring (bicyclic) bond motifs is 1. The van der Waals surface area contributed by atoms with Crippen LogP contribution in [0.3, 0.4) is 0 Å². The van der Waals surface area contributed by atoms with Gasteiger partial charge in [-0.2, -0.15) is 0 Å². The molecule has 0 bridgehead atoms. The highest BCUT2D eigenvalue weighted by atomic mass is 35.5. The van der Waals surface area contributed by atoms with Crippen molar-refractivity contribution in [3.63, 3.8) is 0 Å². The van der Waals surface area contributed by atoms with Gasteiger partial charge in [-0.3, -0.25) is 4.79 Å². The van der Waals surface area contributed by atoms with Crippen LogP contribution in [0.2, 0.25) is 5.02 Å². The van der Waals surface area contributed by atoms with Gasteiger partial charge in [0.15, 0.2) is 0 Å². The molecule has 0 saturated carbocycles. The summed E-state index contributed by atoms with van der Waals surface area (Å²) in [6, 6.07) is 22.7. The fourth-order valence-electron chi connectivity index (χ4n) is 3.32. The second-order valence-corrected chi connectivity index (χ2v) is 7.86. The zero-order chi connectivity index (χ0) is 22.7. The molecular weight excluding hydrogens is 426 g/mol. The van der Waals surface area contributed by atoms with Crippen LogP contribution in [0.4, 0.5) is 16.2 Å². The van der Waals surface area contributed by atoms with Crippen molar-refractivity contribution in [3.8, 4) is 0 Å². The molecule has 32 heavy (non-hydrogen) atoms. The van der Waals surface area contributed by atoms with E-state index in [0.717, 1.165) is 11.0 Å². The maximum atomic E-state index is 12.6. The Kier molecular flexibility index (Phi) is 6.14. The molecule has 0 fully saturated rings. The van der Waals surface area contributed by atoms with Gasteiger partial charge in [0.05, 0.1) is 6.04 Å². The number of benzene rings is 3. The molecule has 1 atom stereocenters. The van der Waals surface area contributed by atoms with Crippen LogP contribution in [0.1, 0.15) is 29.1 Å². The molecule has 1 aromatic heterocycles. The molecule has 0 aliphatic carbocycles. The number of carbonyl (C=O) groups is 2. The van der Waals surface area contributed by atoms with Gasteiger partial charge >= 0.3 is 6.03 Å². The fourth-order valence-corrected chi connectivity index (χ4v) is 3.45. The predicted molar refractivity (Wildman–Crippen MR) is 127 cm³/mol. The number of nitrogens with zero attached hydrogens (tertiary/aromatic N) is 1. The standard InChI is InChI=1S/C25H22ClN3O3/c1-16(23-15-18-5-3-4-6-22(18)32-23)27-25(31)28-20-11-13-21(14-12-20)29(2)24(30)17-7-9-19(26)10-8-17/h3-16H,1-2H3,(H2,27,28,31). The molecule has 3 amide bonds. The maximum absolute atomic E-state index is 12.6. The number of hydrogen-bond donors (Lipinski definition) is 2. The molecule has 6 nitrogen and oxygen atoms in total. The molecule has 4 aromatic rings. The van der Waals surface area contributed by atoms with Gasteiger partial charge < -0.3 is 20.0 Å². The summed E-state index contributed by atoms with van der Waals surface area (Å²) in [5, 5.41) is 7.23. The Bertz CT molecular complexity index is 1220. The number of amides is 3. The fraction of sp³-hybridized carbons (Fsp3) is 0.120. The van der Waals surface area contributed by atoms with Gasteiger partial charge in [-0.1, -0.05) is 29.8 Å². The molecule has 0 saturated heterocycles. The van der Waals surface area contributed by atoms with E-state index in [9.17, 15) is 9.59 Å². The van der Waals surface area contributed by atoms with Crippen LogP contribution in [0.5, 0.6) is 0 Å². The highest BCUT2D eigenvalue weighted by molar-refractivity contribution is 6.30. The molecule has 4 rings (SSSR count). The molecule has 0 aliphatic heterocycles. The van der Waals surface area contributed by atoms with Crippen molar-refractivity contribution in [2.45, 2.75) is 13.0 Å². The minimum atomic E-state index is -0.351. The van der Waals surface area contributed by atoms with Gasteiger partial charge in [0, 0.05) is 34.4 Å². The zero-order valence-corrected chi connectivity index (χ0v) is 18.4. The Morgan fingerprint density at radius 1 is 0.969 bits per heavy atom. The molecule has 0 spiro atoms. The minimum absolute atomic E-state index is 0.153. The van der Waals surface area contributed by atoms with Crippen molar-refractivity contribution in [1.82, 2.24) is 5.32 Å². The summed E-state index contributed by atoms with van der Waals surface area (Å²) >= 11 is 5.89. The summed E-state index contributed by atoms with van der Waals surface area (Å²) in [5.41, 5.74) is 2.63. The van der Waals surface area contributed by atoms with Crippen molar-refractivity contribution in [3.05, 3.63) is 95.2 Å². The number of urea groups is 1. The van der Waals surface area contributed by atoms with Crippen LogP contribution in [0.15, 0.2) is 83.3 Å². The number of para-hydroxylation sites is 1. The van der Waals surface area contributed by atoms with Crippen LogP contribution < -0.4 is 15.5 Å². The second-order valence-electron chi connectivity index (χ2n) is 7.42. The third-order valence-electron chi connectivity index (χ3n) is 5.13. The van der Waals surface area contributed by atoms with Crippen molar-refractivity contribution < 1.29 is 14.0 Å². The summed E-state index contributed by atoms with van der Waals surface area (Å²) < 4.78 is 5.80. The number of carbonyl (C=O) groups excluding carboxylic acids is 2. The van der Waals surface area contributed by atoms with Crippen LogP contribution in [0, 0.1) is 0 Å². The van der Waals surface area contributed by atoms with E-state index >= 15 is 0 Å². The number of halogens is 1. The van der Waals surface area contributed by atoms with Crippen molar-refractivity contribution in [2.75, 3.05) is 17.3 Å². The van der Waals surface area contributed by atoms with Crippen molar-refractivity contribution >= 4 is 45.9 Å². The monoisotopic (exact) mass is 447 g/mol. The Labute approximate surface area is 190 Å². The van der Waals surface area contributed by atoms with E-state index in [-0.39, 0.29) is 18.0 Å². The SMILES string of the molecule is CC(NC(=O)Nc1ccc(N(C)C(=O)c2ccc(Cl)cc2)cc1)c1cc2ccccc2o1. The van der Waals surface area contributed by atoms with E-state index in [0.29, 0.717) is 27.7 Å². The van der Waals surface area contributed by atoms with Gasteiger partial charge in [0.25, 0.3) is 5.91 Å². The molecule has 0 radical (unpaired) electrons. The first kappa shape index (κ1) is 21.5. The molecule has 3 aromatic carbocycles. The van der Waals surface area contributed by atoms with Gasteiger partial charge in [0.2, 0.25) is 0 Å². The number of hydrogen-bond acceptors (Lipinski definition) is 3. The molecular formula is C25H22ClN3O3. The summed E-state index contributed by atoms with van der Waals surface area (Å²) in [5.74, 6) is 0.527. The summed E-state index contributed by atoms with van der Waals surface area (Å²) in [6.07, 6.45) is 0.